The largest absolute Gasteiger partial charge is 0.497 e. The second kappa shape index (κ2) is 11.0. The van der Waals surface area contributed by atoms with Gasteiger partial charge in [0.15, 0.2) is 3.83 Å². The Kier molecular flexibility index (Phi) is 7.80. The number of carbonyl (C=O) groups is 1. The minimum absolute atomic E-state index is 0.371. The molecule has 1 aliphatic rings. The number of nitrogens with zero attached hydrogens (tertiary/aromatic N) is 3. The molecule has 0 spiro atoms. The summed E-state index contributed by atoms with van der Waals surface area (Å²) in [6.45, 7) is 1.43. The van der Waals surface area contributed by atoms with Crippen LogP contribution in [0.15, 0.2) is 48.7 Å². The van der Waals surface area contributed by atoms with Crippen LogP contribution in [0.4, 0.5) is 5.82 Å². The summed E-state index contributed by atoms with van der Waals surface area (Å²) in [5, 5.41) is 0. The van der Waals surface area contributed by atoms with E-state index < -0.39 is 0 Å². The predicted octanol–water partition coefficient (Wildman–Crippen LogP) is 5.28. The first-order valence-electron chi connectivity index (χ1n) is 11.2. The van der Waals surface area contributed by atoms with E-state index in [2.05, 4.69) is 44.6 Å². The Bertz CT molecular complexity index is 1100. The van der Waals surface area contributed by atoms with Crippen LogP contribution in [0.1, 0.15) is 36.3 Å². The number of aryl methyl sites for hydroxylation is 1. The fraction of sp³-hybridized carbons (Fsp3) is 0.346. The monoisotopic (exact) mass is 557 g/mol. The second-order valence-corrected chi connectivity index (χ2v) is 9.19. The highest BCUT2D eigenvalue weighted by atomic mass is 127. The van der Waals surface area contributed by atoms with Gasteiger partial charge in [-0.15, -0.1) is 0 Å². The maximum absolute atomic E-state index is 10.9. The molecule has 0 saturated carbocycles. The predicted molar refractivity (Wildman–Crippen MR) is 138 cm³/mol. The number of hydrogen-bond acceptors (Lipinski definition) is 6. The number of aromatic nitrogens is 2. The van der Waals surface area contributed by atoms with Crippen LogP contribution in [-0.2, 0) is 11.2 Å². The normalized spacial score (nSPS) is 14.6. The van der Waals surface area contributed by atoms with Gasteiger partial charge in [-0.05, 0) is 66.1 Å². The summed E-state index contributed by atoms with van der Waals surface area (Å²) in [6, 6.07) is 14.2. The standard InChI is InChI=1S/C26H28IN3O3/c1-30(25-24(17-28-26(27)29-25)18-6-8-21(32-2)9-7-18)13-3-15-33-22-10-11-23-19(12-14-31)4-5-20(23)16-22/h6-11,14,16-17,19H,3-5,12-13,15H2,1-2H3/t19-/m0/s1. The number of hydrogen-bond donors (Lipinski definition) is 0. The smallest absolute Gasteiger partial charge is 0.192 e. The SMILES string of the molecule is COc1ccc(-c2cnc(I)nc2N(C)CCCOc2ccc3c(c2)CC[C@H]3CC=O)cc1. The van der Waals surface area contributed by atoms with Gasteiger partial charge >= 0.3 is 0 Å². The molecule has 0 amide bonds. The number of halogens is 1. The summed E-state index contributed by atoms with van der Waals surface area (Å²) in [4.78, 5) is 22.1. The van der Waals surface area contributed by atoms with Crippen molar-refractivity contribution in [2.45, 2.75) is 31.6 Å². The van der Waals surface area contributed by atoms with E-state index in [0.717, 1.165) is 60.5 Å². The van der Waals surface area contributed by atoms with Gasteiger partial charge in [0.05, 0.1) is 13.7 Å². The zero-order chi connectivity index (χ0) is 23.2. The summed E-state index contributed by atoms with van der Waals surface area (Å²) in [5.74, 6) is 3.00. The Hall–Kier alpha value is -2.68. The van der Waals surface area contributed by atoms with E-state index in [1.165, 1.54) is 11.1 Å². The lowest BCUT2D eigenvalue weighted by molar-refractivity contribution is -0.108. The first-order chi connectivity index (χ1) is 16.1. The molecule has 2 aromatic carbocycles. The Morgan fingerprint density at radius 3 is 2.73 bits per heavy atom. The van der Waals surface area contributed by atoms with E-state index in [0.29, 0.717) is 22.8 Å². The van der Waals surface area contributed by atoms with Gasteiger partial charge in [-0.25, -0.2) is 9.97 Å². The molecule has 7 heteroatoms. The number of anilines is 1. The number of methoxy groups -OCH3 is 1. The number of fused-ring (bicyclic) bond motifs is 1. The Morgan fingerprint density at radius 2 is 1.97 bits per heavy atom. The molecule has 33 heavy (non-hydrogen) atoms. The third-order valence-corrected chi connectivity index (χ3v) is 6.63. The van der Waals surface area contributed by atoms with Gasteiger partial charge in [0, 0.05) is 54.4 Å². The summed E-state index contributed by atoms with van der Waals surface area (Å²) in [5.41, 5.74) is 4.66. The van der Waals surface area contributed by atoms with Gasteiger partial charge in [0.2, 0.25) is 0 Å². The van der Waals surface area contributed by atoms with E-state index in [9.17, 15) is 4.79 Å². The third-order valence-electron chi connectivity index (χ3n) is 6.11. The molecule has 1 aliphatic carbocycles. The summed E-state index contributed by atoms with van der Waals surface area (Å²) in [7, 11) is 3.71. The van der Waals surface area contributed by atoms with Gasteiger partial charge in [0.1, 0.15) is 23.6 Å². The van der Waals surface area contributed by atoms with Crippen molar-refractivity contribution in [2.75, 3.05) is 32.2 Å². The first kappa shape index (κ1) is 23.5. The molecule has 0 bridgehead atoms. The molecular weight excluding hydrogens is 529 g/mol. The molecule has 172 valence electrons. The minimum Gasteiger partial charge on any atom is -0.497 e. The number of benzene rings is 2. The molecule has 4 rings (SSSR count). The fourth-order valence-corrected chi connectivity index (χ4v) is 4.72. The highest BCUT2D eigenvalue weighted by Gasteiger charge is 2.22. The van der Waals surface area contributed by atoms with Crippen LogP contribution >= 0.6 is 22.6 Å². The average molecular weight is 557 g/mol. The van der Waals surface area contributed by atoms with Crippen molar-refractivity contribution in [1.82, 2.24) is 9.97 Å². The summed E-state index contributed by atoms with van der Waals surface area (Å²) in [6.07, 6.45) is 6.45. The van der Waals surface area contributed by atoms with Crippen molar-refractivity contribution in [2.24, 2.45) is 0 Å². The fourth-order valence-electron chi connectivity index (χ4n) is 4.35. The van der Waals surface area contributed by atoms with Gasteiger partial charge in [-0.2, -0.15) is 0 Å². The van der Waals surface area contributed by atoms with Crippen LogP contribution in [0.2, 0.25) is 0 Å². The molecule has 0 saturated heterocycles. The maximum Gasteiger partial charge on any atom is 0.192 e. The van der Waals surface area contributed by atoms with E-state index in [4.69, 9.17) is 14.5 Å². The van der Waals surface area contributed by atoms with E-state index >= 15 is 0 Å². The minimum atomic E-state index is 0.371. The van der Waals surface area contributed by atoms with Crippen molar-refractivity contribution >= 4 is 34.7 Å². The number of ether oxygens (including phenoxy) is 2. The molecule has 0 fully saturated rings. The zero-order valence-corrected chi connectivity index (χ0v) is 21.1. The maximum atomic E-state index is 10.9. The molecular formula is C26H28IN3O3. The molecule has 1 atom stereocenters. The molecule has 0 aliphatic heterocycles. The highest BCUT2D eigenvalue weighted by Crippen LogP contribution is 2.36. The van der Waals surface area contributed by atoms with Crippen molar-refractivity contribution in [3.05, 3.63) is 63.6 Å². The average Bonchev–Trinajstić information content (AvgIpc) is 3.24. The van der Waals surface area contributed by atoms with E-state index in [1.54, 1.807) is 7.11 Å². The highest BCUT2D eigenvalue weighted by molar-refractivity contribution is 14.1. The second-order valence-electron chi connectivity index (χ2n) is 8.23. The quantitative estimate of drug-likeness (QED) is 0.146. The Morgan fingerprint density at radius 1 is 1.18 bits per heavy atom. The van der Waals surface area contributed by atoms with Crippen LogP contribution in [0.5, 0.6) is 11.5 Å². The van der Waals surface area contributed by atoms with E-state index in [1.807, 2.05) is 43.6 Å². The Balaban J connectivity index is 1.36. The lowest BCUT2D eigenvalue weighted by atomic mass is 9.99. The van der Waals surface area contributed by atoms with Crippen LogP contribution in [-0.4, -0.2) is 43.6 Å². The lowest BCUT2D eigenvalue weighted by Gasteiger charge is -2.21. The zero-order valence-electron chi connectivity index (χ0n) is 19.0. The number of aldehydes is 1. The summed E-state index contributed by atoms with van der Waals surface area (Å²) >= 11 is 2.15. The van der Waals surface area contributed by atoms with Crippen molar-refractivity contribution in [3.8, 4) is 22.6 Å². The van der Waals surface area contributed by atoms with Crippen molar-refractivity contribution in [1.29, 1.82) is 0 Å². The number of carbonyl (C=O) groups excluding carboxylic acids is 1. The van der Waals surface area contributed by atoms with Crippen LogP contribution < -0.4 is 14.4 Å². The number of rotatable bonds is 10. The van der Waals surface area contributed by atoms with Crippen LogP contribution in [0.3, 0.4) is 0 Å². The van der Waals surface area contributed by atoms with Crippen LogP contribution in [0.25, 0.3) is 11.1 Å². The molecule has 1 aromatic heterocycles. The molecule has 0 N–H and O–H groups in total. The molecule has 1 heterocycles. The van der Waals surface area contributed by atoms with Gasteiger partial charge in [0.25, 0.3) is 0 Å². The van der Waals surface area contributed by atoms with Gasteiger partial charge in [-0.3, -0.25) is 0 Å². The molecule has 0 radical (unpaired) electrons. The topological polar surface area (TPSA) is 64.6 Å². The molecule has 3 aromatic rings. The third kappa shape index (κ3) is 5.63. The van der Waals surface area contributed by atoms with Crippen molar-refractivity contribution < 1.29 is 14.3 Å². The molecule has 6 nitrogen and oxygen atoms in total. The van der Waals surface area contributed by atoms with E-state index in [-0.39, 0.29) is 0 Å². The lowest BCUT2D eigenvalue weighted by Crippen LogP contribution is -2.22. The van der Waals surface area contributed by atoms with Crippen LogP contribution in [0, 0.1) is 3.83 Å². The summed E-state index contributed by atoms with van der Waals surface area (Å²) < 4.78 is 12.0. The van der Waals surface area contributed by atoms with Gasteiger partial charge in [-0.1, -0.05) is 18.2 Å². The van der Waals surface area contributed by atoms with Gasteiger partial charge < -0.3 is 19.2 Å². The molecule has 0 unspecified atom stereocenters. The first-order valence-corrected chi connectivity index (χ1v) is 12.2. The Labute approximate surface area is 208 Å². The van der Waals surface area contributed by atoms with Crippen molar-refractivity contribution in [3.63, 3.8) is 0 Å².